The van der Waals surface area contributed by atoms with E-state index in [9.17, 15) is 4.79 Å². The van der Waals surface area contributed by atoms with E-state index in [0.717, 1.165) is 37.9 Å². The second-order valence-corrected chi connectivity index (χ2v) is 7.49. The van der Waals surface area contributed by atoms with E-state index in [1.54, 1.807) is 12.1 Å². The number of piperazine rings is 1. The van der Waals surface area contributed by atoms with Crippen molar-refractivity contribution in [2.75, 3.05) is 49.1 Å². The van der Waals surface area contributed by atoms with Crippen molar-refractivity contribution in [1.82, 2.24) is 14.9 Å². The molecule has 2 fully saturated rings. The van der Waals surface area contributed by atoms with E-state index < -0.39 is 0 Å². The number of carbonyl (C=O) groups excluding carboxylic acids is 1. The van der Waals surface area contributed by atoms with Crippen LogP contribution in [0.5, 0.6) is 0 Å². The van der Waals surface area contributed by atoms with E-state index in [2.05, 4.69) is 14.8 Å². The predicted molar refractivity (Wildman–Crippen MR) is 108 cm³/mol. The number of hydrogen-bond acceptors (Lipinski definition) is 5. The molecule has 0 aliphatic carbocycles. The summed E-state index contributed by atoms with van der Waals surface area (Å²) in [6, 6.07) is 9.10. The van der Waals surface area contributed by atoms with Gasteiger partial charge in [-0.1, -0.05) is 17.7 Å². The van der Waals surface area contributed by atoms with Gasteiger partial charge in [0.1, 0.15) is 5.82 Å². The van der Waals surface area contributed by atoms with Crippen LogP contribution in [-0.4, -0.2) is 60.0 Å². The number of halogens is 1. The molecule has 27 heavy (non-hydrogen) atoms. The van der Waals surface area contributed by atoms with E-state index in [-0.39, 0.29) is 5.91 Å². The lowest BCUT2D eigenvalue weighted by atomic mass is 10.1. The van der Waals surface area contributed by atoms with E-state index in [0.29, 0.717) is 23.7 Å². The standard InChI is InChI=1S/C20H24ClN5O/c21-17-6-4-5-16(15-17)19(27)25-13-11-24(12-14-25)18-7-8-22-20(23-18)26-9-2-1-3-10-26/h4-8,15H,1-3,9-14H2. The van der Waals surface area contributed by atoms with Gasteiger partial charge in [-0.05, 0) is 43.5 Å². The highest BCUT2D eigenvalue weighted by Crippen LogP contribution is 2.20. The third-order valence-electron chi connectivity index (χ3n) is 5.23. The topological polar surface area (TPSA) is 52.6 Å². The fourth-order valence-electron chi connectivity index (χ4n) is 3.70. The quantitative estimate of drug-likeness (QED) is 0.812. The molecule has 2 aromatic rings. The van der Waals surface area contributed by atoms with Crippen molar-refractivity contribution < 1.29 is 4.79 Å². The van der Waals surface area contributed by atoms with Crippen LogP contribution in [0.4, 0.5) is 11.8 Å². The van der Waals surface area contributed by atoms with Crippen LogP contribution in [0, 0.1) is 0 Å². The Labute approximate surface area is 164 Å². The molecule has 2 aliphatic rings. The van der Waals surface area contributed by atoms with Crippen molar-refractivity contribution in [1.29, 1.82) is 0 Å². The lowest BCUT2D eigenvalue weighted by Crippen LogP contribution is -2.49. The van der Waals surface area contributed by atoms with Crippen LogP contribution in [0.3, 0.4) is 0 Å². The summed E-state index contributed by atoms with van der Waals surface area (Å²) in [5.74, 6) is 1.80. The Morgan fingerprint density at radius 2 is 1.70 bits per heavy atom. The molecular weight excluding hydrogens is 362 g/mol. The lowest BCUT2D eigenvalue weighted by molar-refractivity contribution is 0.0746. The molecule has 0 N–H and O–H groups in total. The number of hydrogen-bond donors (Lipinski definition) is 0. The maximum Gasteiger partial charge on any atom is 0.254 e. The number of nitrogens with zero attached hydrogens (tertiary/aromatic N) is 5. The molecule has 0 radical (unpaired) electrons. The van der Waals surface area contributed by atoms with Crippen molar-refractivity contribution in [3.05, 3.63) is 47.1 Å². The molecule has 0 bridgehead atoms. The van der Waals surface area contributed by atoms with Gasteiger partial charge in [-0.25, -0.2) is 4.98 Å². The predicted octanol–water partition coefficient (Wildman–Crippen LogP) is 3.08. The smallest absolute Gasteiger partial charge is 0.254 e. The highest BCUT2D eigenvalue weighted by atomic mass is 35.5. The summed E-state index contributed by atoms with van der Waals surface area (Å²) < 4.78 is 0. The lowest BCUT2D eigenvalue weighted by Gasteiger charge is -2.36. The van der Waals surface area contributed by atoms with Gasteiger partial charge < -0.3 is 14.7 Å². The van der Waals surface area contributed by atoms with Crippen molar-refractivity contribution in [2.45, 2.75) is 19.3 Å². The Morgan fingerprint density at radius 3 is 2.44 bits per heavy atom. The Kier molecular flexibility index (Phi) is 5.43. The van der Waals surface area contributed by atoms with Crippen molar-refractivity contribution in [2.24, 2.45) is 0 Å². The second-order valence-electron chi connectivity index (χ2n) is 7.05. The van der Waals surface area contributed by atoms with Crippen LogP contribution in [0.15, 0.2) is 36.5 Å². The van der Waals surface area contributed by atoms with Crippen molar-refractivity contribution in [3.8, 4) is 0 Å². The zero-order valence-electron chi connectivity index (χ0n) is 15.4. The zero-order valence-corrected chi connectivity index (χ0v) is 16.1. The summed E-state index contributed by atoms with van der Waals surface area (Å²) in [5, 5.41) is 0.589. The number of amides is 1. The van der Waals surface area contributed by atoms with Gasteiger partial charge in [-0.3, -0.25) is 4.79 Å². The van der Waals surface area contributed by atoms with Gasteiger partial charge in [0.05, 0.1) is 0 Å². The van der Waals surface area contributed by atoms with Crippen LogP contribution in [0.1, 0.15) is 29.6 Å². The Hall–Kier alpha value is -2.34. The first-order chi connectivity index (χ1) is 13.2. The highest BCUT2D eigenvalue weighted by molar-refractivity contribution is 6.30. The minimum atomic E-state index is 0.0360. The summed E-state index contributed by atoms with van der Waals surface area (Å²) in [7, 11) is 0. The van der Waals surface area contributed by atoms with Crippen LogP contribution >= 0.6 is 11.6 Å². The molecule has 142 valence electrons. The number of piperidine rings is 1. The minimum absolute atomic E-state index is 0.0360. The van der Waals surface area contributed by atoms with Gasteiger partial charge in [0.15, 0.2) is 0 Å². The van der Waals surface area contributed by atoms with Crippen LogP contribution in [0.2, 0.25) is 5.02 Å². The van der Waals surface area contributed by atoms with Crippen LogP contribution < -0.4 is 9.80 Å². The molecule has 0 atom stereocenters. The van der Waals surface area contributed by atoms with Gasteiger partial charge in [-0.15, -0.1) is 0 Å². The number of anilines is 2. The normalized spacial score (nSPS) is 17.9. The van der Waals surface area contributed by atoms with Crippen LogP contribution in [0.25, 0.3) is 0 Å². The number of rotatable bonds is 3. The molecule has 0 unspecified atom stereocenters. The molecule has 1 amide bonds. The maximum absolute atomic E-state index is 12.7. The van der Waals surface area contributed by atoms with E-state index >= 15 is 0 Å². The average Bonchev–Trinajstić information content (AvgIpc) is 2.74. The first-order valence-electron chi connectivity index (χ1n) is 9.58. The number of benzene rings is 1. The third-order valence-corrected chi connectivity index (χ3v) is 5.46. The first kappa shape index (κ1) is 18.0. The molecule has 6 nitrogen and oxygen atoms in total. The monoisotopic (exact) mass is 385 g/mol. The number of carbonyl (C=O) groups is 1. The second kappa shape index (κ2) is 8.13. The van der Waals surface area contributed by atoms with Gasteiger partial charge in [0, 0.05) is 56.1 Å². The molecular formula is C20H24ClN5O. The molecule has 1 aromatic carbocycles. The van der Waals surface area contributed by atoms with Crippen molar-refractivity contribution >= 4 is 29.3 Å². The molecule has 0 saturated carbocycles. The SMILES string of the molecule is O=C(c1cccc(Cl)c1)N1CCN(c2ccnc(N3CCCCC3)n2)CC1. The summed E-state index contributed by atoms with van der Waals surface area (Å²) in [4.78, 5) is 28.3. The Morgan fingerprint density at radius 1 is 0.926 bits per heavy atom. The maximum atomic E-state index is 12.7. The third kappa shape index (κ3) is 4.16. The molecule has 2 saturated heterocycles. The van der Waals surface area contributed by atoms with E-state index in [4.69, 9.17) is 16.6 Å². The van der Waals surface area contributed by atoms with Gasteiger partial charge >= 0.3 is 0 Å². The van der Waals surface area contributed by atoms with Crippen LogP contribution in [-0.2, 0) is 0 Å². The number of aromatic nitrogens is 2. The summed E-state index contributed by atoms with van der Waals surface area (Å²) in [5.41, 5.74) is 0.644. The molecule has 4 rings (SSSR count). The summed E-state index contributed by atoms with van der Waals surface area (Å²) in [6.07, 6.45) is 5.55. The van der Waals surface area contributed by atoms with E-state index in [1.165, 1.54) is 19.3 Å². The molecule has 0 spiro atoms. The average molecular weight is 386 g/mol. The highest BCUT2D eigenvalue weighted by Gasteiger charge is 2.24. The zero-order chi connectivity index (χ0) is 18.6. The molecule has 2 aliphatic heterocycles. The van der Waals surface area contributed by atoms with E-state index in [1.807, 2.05) is 29.3 Å². The van der Waals surface area contributed by atoms with Gasteiger partial charge in [-0.2, -0.15) is 4.98 Å². The van der Waals surface area contributed by atoms with Gasteiger partial charge in [0.2, 0.25) is 5.95 Å². The van der Waals surface area contributed by atoms with Gasteiger partial charge in [0.25, 0.3) is 5.91 Å². The molecule has 1 aromatic heterocycles. The minimum Gasteiger partial charge on any atom is -0.353 e. The Bertz CT molecular complexity index is 800. The largest absolute Gasteiger partial charge is 0.353 e. The Balaban J connectivity index is 1.40. The summed E-state index contributed by atoms with van der Waals surface area (Å²) >= 11 is 6.01. The first-order valence-corrected chi connectivity index (χ1v) is 9.96. The summed E-state index contributed by atoms with van der Waals surface area (Å²) in [6.45, 7) is 4.95. The molecule has 3 heterocycles. The molecule has 7 heteroatoms. The fourth-order valence-corrected chi connectivity index (χ4v) is 3.89. The fraction of sp³-hybridized carbons (Fsp3) is 0.450. The van der Waals surface area contributed by atoms with Crippen molar-refractivity contribution in [3.63, 3.8) is 0 Å².